The van der Waals surface area contributed by atoms with Crippen LogP contribution in [0.4, 0.5) is 14.6 Å². The molecule has 0 N–H and O–H groups in total. The molecule has 1 atom stereocenters. The maximum Gasteiger partial charge on any atom is 0.245 e. The lowest BCUT2D eigenvalue weighted by Crippen LogP contribution is -2.36. The fourth-order valence-electron chi connectivity index (χ4n) is 6.09. The minimum atomic E-state index is -2.68. The minimum Gasteiger partial charge on any atom is -0.356 e. The monoisotopic (exact) mass is 500 g/mol. The van der Waals surface area contributed by atoms with Crippen LogP contribution in [0.25, 0.3) is 0 Å². The lowest BCUT2D eigenvalue weighted by Gasteiger charge is -2.35. The molecular formula is C27H38F2N6O. The Bertz CT molecular complexity index is 1070. The number of likely N-dealkylation sites (tertiary alicyclic amines) is 1. The number of aromatic nitrogens is 4. The third kappa shape index (κ3) is 5.76. The fraction of sp³-hybridized carbons (Fsp3) is 0.704. The molecule has 2 aromatic heterocycles. The zero-order valence-corrected chi connectivity index (χ0v) is 21.6. The van der Waals surface area contributed by atoms with Crippen molar-refractivity contribution >= 4 is 11.6 Å². The van der Waals surface area contributed by atoms with E-state index in [1.807, 2.05) is 6.20 Å². The summed E-state index contributed by atoms with van der Waals surface area (Å²) >= 11 is 0. The zero-order valence-electron chi connectivity index (χ0n) is 21.6. The first-order valence-corrected chi connectivity index (χ1v) is 13.5. The molecule has 2 fully saturated rings. The summed E-state index contributed by atoms with van der Waals surface area (Å²) in [7, 11) is 0. The van der Waals surface area contributed by atoms with Gasteiger partial charge in [0.15, 0.2) is 0 Å². The number of carbonyl (C=O) groups is 1. The molecule has 0 saturated carbocycles. The van der Waals surface area contributed by atoms with Crippen LogP contribution in [0.1, 0.15) is 87.0 Å². The average molecular weight is 501 g/mol. The number of Topliss-reactive ketones (excluding diaryl/α,β-unsaturated/α-hetero) is 1. The maximum atomic E-state index is 13.5. The molecule has 2 aromatic rings. The zero-order chi connectivity index (χ0) is 25.3. The average Bonchev–Trinajstić information content (AvgIpc) is 3.50. The van der Waals surface area contributed by atoms with Crippen molar-refractivity contribution in [1.29, 1.82) is 0 Å². The molecule has 1 aliphatic carbocycles. The molecule has 36 heavy (non-hydrogen) atoms. The van der Waals surface area contributed by atoms with Crippen molar-refractivity contribution in [3.63, 3.8) is 0 Å². The molecular weight excluding hydrogens is 462 g/mol. The number of imidazole rings is 1. The second-order valence-corrected chi connectivity index (χ2v) is 11.0. The third-order valence-corrected chi connectivity index (χ3v) is 8.03. The summed E-state index contributed by atoms with van der Waals surface area (Å²) in [5.74, 6) is 0.0270. The Morgan fingerprint density at radius 2 is 1.83 bits per heavy atom. The Kier molecular flexibility index (Phi) is 7.37. The number of nitrogens with zero attached hydrogens (tertiary/aromatic N) is 6. The highest BCUT2D eigenvalue weighted by Gasteiger charge is 2.32. The van der Waals surface area contributed by atoms with Crippen molar-refractivity contribution < 1.29 is 13.6 Å². The van der Waals surface area contributed by atoms with Gasteiger partial charge in [0.2, 0.25) is 5.92 Å². The first-order valence-electron chi connectivity index (χ1n) is 13.5. The number of halogens is 2. The van der Waals surface area contributed by atoms with Crippen molar-refractivity contribution in [2.45, 2.75) is 89.5 Å². The Morgan fingerprint density at radius 3 is 2.56 bits per heavy atom. The number of hydrogen-bond donors (Lipinski definition) is 0. The van der Waals surface area contributed by atoms with E-state index in [9.17, 15) is 13.6 Å². The number of hydrogen-bond acceptors (Lipinski definition) is 6. The van der Waals surface area contributed by atoms with Gasteiger partial charge in [0.05, 0.1) is 11.4 Å². The molecule has 0 amide bonds. The van der Waals surface area contributed by atoms with Crippen LogP contribution in [0, 0.1) is 0 Å². The van der Waals surface area contributed by atoms with E-state index >= 15 is 0 Å². The van der Waals surface area contributed by atoms with Crippen molar-refractivity contribution in [2.24, 2.45) is 0 Å². The van der Waals surface area contributed by atoms with E-state index < -0.39 is 5.92 Å². The topological polar surface area (TPSA) is 67.2 Å². The van der Waals surface area contributed by atoms with E-state index in [-0.39, 0.29) is 18.1 Å². The second-order valence-electron chi connectivity index (χ2n) is 11.0. The summed E-state index contributed by atoms with van der Waals surface area (Å²) < 4.78 is 29.3. The summed E-state index contributed by atoms with van der Waals surface area (Å²) in [5, 5.41) is 0. The molecule has 196 valence electrons. The normalized spacial score (nSPS) is 21.8. The van der Waals surface area contributed by atoms with Gasteiger partial charge >= 0.3 is 0 Å². The Balaban J connectivity index is 1.30. The van der Waals surface area contributed by atoms with Gasteiger partial charge < -0.3 is 14.4 Å². The molecule has 2 aliphatic heterocycles. The number of anilines is 1. The van der Waals surface area contributed by atoms with Crippen LogP contribution in [0.2, 0.25) is 0 Å². The van der Waals surface area contributed by atoms with E-state index in [4.69, 9.17) is 4.98 Å². The Hall–Kier alpha value is -2.42. The van der Waals surface area contributed by atoms with Crippen LogP contribution in [-0.4, -0.2) is 68.8 Å². The van der Waals surface area contributed by atoms with Crippen LogP contribution < -0.4 is 4.90 Å². The highest BCUT2D eigenvalue weighted by molar-refractivity contribution is 5.84. The number of aryl methyl sites for hydroxylation is 1. The van der Waals surface area contributed by atoms with Gasteiger partial charge in [-0.25, -0.2) is 23.7 Å². The summed E-state index contributed by atoms with van der Waals surface area (Å²) in [6.07, 6.45) is 9.08. The molecule has 7 nitrogen and oxygen atoms in total. The molecule has 0 bridgehead atoms. The van der Waals surface area contributed by atoms with Crippen LogP contribution in [-0.2, 0) is 24.2 Å². The largest absolute Gasteiger partial charge is 0.356 e. The molecule has 5 rings (SSSR count). The van der Waals surface area contributed by atoms with Crippen LogP contribution in [0.15, 0.2) is 12.5 Å². The SMILES string of the molecule is C[C@@H]1CC(=O)Cc2ncnc(N3CCC(c4nc(CCC(C)(F)F)cn4CCN4CCCC4)CC3)c21. The van der Waals surface area contributed by atoms with Gasteiger partial charge in [-0.3, -0.25) is 4.79 Å². The first-order chi connectivity index (χ1) is 17.3. The first kappa shape index (κ1) is 25.2. The minimum absolute atomic E-state index is 0.138. The second kappa shape index (κ2) is 10.5. The molecule has 2 saturated heterocycles. The third-order valence-electron chi connectivity index (χ3n) is 8.03. The lowest BCUT2D eigenvalue weighted by molar-refractivity contribution is -0.119. The predicted molar refractivity (Wildman–Crippen MR) is 135 cm³/mol. The van der Waals surface area contributed by atoms with Crippen molar-refractivity contribution in [3.05, 3.63) is 35.3 Å². The number of rotatable bonds is 8. The standard InChI is InChI=1S/C27H38F2N6O/c1-19-15-22(36)16-23-24(19)26(31-18-30-23)34-11-6-20(7-12-34)25-32-21(5-8-27(2,28)29)17-35(25)14-13-33-9-3-4-10-33/h17-20H,3-16H2,1-2H3/t19-/m1/s1. The van der Waals surface area contributed by atoms with Gasteiger partial charge in [0.25, 0.3) is 0 Å². The van der Waals surface area contributed by atoms with E-state index in [0.717, 1.165) is 87.6 Å². The Labute approximate surface area is 212 Å². The number of ketones is 1. The molecule has 4 heterocycles. The summed E-state index contributed by atoms with van der Waals surface area (Å²) in [4.78, 5) is 30.8. The molecule has 3 aliphatic rings. The molecule has 0 radical (unpaired) electrons. The number of piperidine rings is 1. The fourth-order valence-corrected chi connectivity index (χ4v) is 6.09. The van der Waals surface area contributed by atoms with E-state index in [2.05, 4.69) is 31.3 Å². The van der Waals surface area contributed by atoms with Crippen molar-refractivity contribution in [2.75, 3.05) is 37.6 Å². The Morgan fingerprint density at radius 1 is 1.08 bits per heavy atom. The lowest BCUT2D eigenvalue weighted by atomic mass is 9.85. The van der Waals surface area contributed by atoms with Gasteiger partial charge in [-0.1, -0.05) is 6.92 Å². The van der Waals surface area contributed by atoms with E-state index in [1.165, 1.54) is 12.8 Å². The highest BCUT2D eigenvalue weighted by Crippen LogP contribution is 2.37. The molecule has 0 aromatic carbocycles. The van der Waals surface area contributed by atoms with E-state index in [0.29, 0.717) is 25.2 Å². The van der Waals surface area contributed by atoms with Gasteiger partial charge in [-0.2, -0.15) is 0 Å². The summed E-state index contributed by atoms with van der Waals surface area (Å²) in [5.41, 5.74) is 2.78. The van der Waals surface area contributed by atoms with Gasteiger partial charge in [0, 0.05) is 63.1 Å². The smallest absolute Gasteiger partial charge is 0.245 e. The molecule has 0 unspecified atom stereocenters. The summed E-state index contributed by atoms with van der Waals surface area (Å²) in [6.45, 7) is 8.91. The van der Waals surface area contributed by atoms with Gasteiger partial charge in [-0.05, 0) is 58.0 Å². The highest BCUT2D eigenvalue weighted by atomic mass is 19.3. The number of alkyl halides is 2. The number of fused-ring (bicyclic) bond motifs is 1. The van der Waals surface area contributed by atoms with Crippen molar-refractivity contribution in [1.82, 2.24) is 24.4 Å². The molecule has 0 spiro atoms. The van der Waals surface area contributed by atoms with Crippen LogP contribution >= 0.6 is 0 Å². The maximum absolute atomic E-state index is 13.5. The number of carbonyl (C=O) groups excluding carboxylic acids is 1. The van der Waals surface area contributed by atoms with Crippen LogP contribution in [0.5, 0.6) is 0 Å². The van der Waals surface area contributed by atoms with Crippen LogP contribution in [0.3, 0.4) is 0 Å². The quantitative estimate of drug-likeness (QED) is 0.537. The molecule has 9 heteroatoms. The predicted octanol–water partition coefficient (Wildman–Crippen LogP) is 4.36. The summed E-state index contributed by atoms with van der Waals surface area (Å²) in [6, 6.07) is 0. The van der Waals surface area contributed by atoms with E-state index in [1.54, 1.807) is 6.33 Å². The van der Waals surface area contributed by atoms with Crippen molar-refractivity contribution in [3.8, 4) is 0 Å². The van der Waals surface area contributed by atoms with Gasteiger partial charge in [-0.15, -0.1) is 0 Å². The van der Waals surface area contributed by atoms with Gasteiger partial charge in [0.1, 0.15) is 23.8 Å².